The molecule has 4 heterocycles. The number of pyridine rings is 2. The van der Waals surface area contributed by atoms with Crippen molar-refractivity contribution < 1.29 is 24.1 Å². The third kappa shape index (κ3) is 3.87. The molecule has 158 valence electrons. The van der Waals surface area contributed by atoms with Crippen LogP contribution < -0.4 is 10.1 Å². The smallest absolute Gasteiger partial charge is 0.222 e. The van der Waals surface area contributed by atoms with Crippen molar-refractivity contribution in [2.45, 2.75) is 32.2 Å². The largest absolute Gasteiger partial charge is 0.465 e. The van der Waals surface area contributed by atoms with Gasteiger partial charge in [-0.05, 0) is 13.0 Å². The van der Waals surface area contributed by atoms with Gasteiger partial charge in [0.1, 0.15) is 17.2 Å². The van der Waals surface area contributed by atoms with Crippen LogP contribution in [0.3, 0.4) is 0 Å². The minimum absolute atomic E-state index is 0.199. The predicted molar refractivity (Wildman–Crippen MR) is 110 cm³/mol. The van der Waals surface area contributed by atoms with Crippen molar-refractivity contribution in [2.24, 2.45) is 0 Å². The number of methoxy groups -OCH3 is 1. The predicted octanol–water partition coefficient (Wildman–Crippen LogP) is 2.56. The summed E-state index contributed by atoms with van der Waals surface area (Å²) in [7, 11) is 1.63. The minimum atomic E-state index is -0.982. The second kappa shape index (κ2) is 8.02. The van der Waals surface area contributed by atoms with Gasteiger partial charge in [0, 0.05) is 56.3 Å². The van der Waals surface area contributed by atoms with Gasteiger partial charge >= 0.3 is 0 Å². The summed E-state index contributed by atoms with van der Waals surface area (Å²) in [5, 5.41) is 13.3. The number of amides is 1. The van der Waals surface area contributed by atoms with Crippen molar-refractivity contribution in [1.29, 1.82) is 0 Å². The number of anilines is 1. The topological polar surface area (TPSA) is 119 Å². The van der Waals surface area contributed by atoms with Crippen molar-refractivity contribution in [3.63, 3.8) is 0 Å². The SMILES string of the molecule is COC1(c2cc(OC(C)O)cc(-c3c[nH]c4cnc(NC(C)=O)cc34)n2)CCOC1. The summed E-state index contributed by atoms with van der Waals surface area (Å²) in [6.45, 7) is 3.94. The molecule has 0 radical (unpaired) electrons. The molecule has 1 aliphatic heterocycles. The zero-order valence-electron chi connectivity index (χ0n) is 17.1. The maximum atomic E-state index is 11.4. The lowest BCUT2D eigenvalue weighted by atomic mass is 9.96. The molecule has 0 spiro atoms. The van der Waals surface area contributed by atoms with Crippen LogP contribution in [0.4, 0.5) is 5.82 Å². The van der Waals surface area contributed by atoms with Crippen LogP contribution in [0.25, 0.3) is 22.2 Å². The van der Waals surface area contributed by atoms with Crippen molar-refractivity contribution in [1.82, 2.24) is 15.0 Å². The number of hydrogen-bond donors (Lipinski definition) is 3. The Hall–Kier alpha value is -3.01. The Bertz CT molecular complexity index is 1070. The average Bonchev–Trinajstić information content (AvgIpc) is 3.34. The summed E-state index contributed by atoms with van der Waals surface area (Å²) in [6, 6.07) is 5.32. The summed E-state index contributed by atoms with van der Waals surface area (Å²) in [4.78, 5) is 23.7. The van der Waals surface area contributed by atoms with Crippen molar-refractivity contribution in [3.05, 3.63) is 36.3 Å². The van der Waals surface area contributed by atoms with Crippen LogP contribution in [0.15, 0.2) is 30.6 Å². The molecule has 0 aliphatic carbocycles. The van der Waals surface area contributed by atoms with E-state index in [1.807, 2.05) is 6.20 Å². The second-order valence-corrected chi connectivity index (χ2v) is 7.29. The van der Waals surface area contributed by atoms with Crippen molar-refractivity contribution >= 4 is 22.6 Å². The summed E-state index contributed by atoms with van der Waals surface area (Å²) in [5.41, 5.74) is 2.23. The Labute approximate surface area is 173 Å². The standard InChI is InChI=1S/C21H24N4O5/c1-12(26)24-20-8-15-16(9-22-18(15)10-23-20)17-6-14(30-13(2)27)7-19(25-17)21(28-3)4-5-29-11-21/h6-10,13,22,27H,4-5,11H2,1-3H3,(H,23,24,26). The molecule has 1 fully saturated rings. The Balaban J connectivity index is 1.85. The van der Waals surface area contributed by atoms with Gasteiger partial charge in [-0.3, -0.25) is 4.79 Å². The van der Waals surface area contributed by atoms with Crippen LogP contribution in [0.2, 0.25) is 0 Å². The maximum Gasteiger partial charge on any atom is 0.222 e. The number of fused-ring (bicyclic) bond motifs is 1. The molecule has 3 aromatic heterocycles. The van der Waals surface area contributed by atoms with Gasteiger partial charge in [0.2, 0.25) is 5.91 Å². The molecule has 1 amide bonds. The summed E-state index contributed by atoms with van der Waals surface area (Å²) in [6.07, 6.45) is 3.17. The third-order valence-electron chi connectivity index (χ3n) is 5.09. The fourth-order valence-corrected chi connectivity index (χ4v) is 3.64. The molecule has 30 heavy (non-hydrogen) atoms. The Morgan fingerprint density at radius 1 is 1.40 bits per heavy atom. The number of aromatic nitrogens is 3. The van der Waals surface area contributed by atoms with Crippen LogP contribution in [-0.2, 0) is 19.9 Å². The second-order valence-electron chi connectivity index (χ2n) is 7.29. The highest BCUT2D eigenvalue weighted by molar-refractivity contribution is 5.97. The zero-order chi connectivity index (χ0) is 21.3. The number of aliphatic hydroxyl groups is 1. The molecule has 0 aromatic carbocycles. The number of H-pyrrole nitrogens is 1. The van der Waals surface area contributed by atoms with E-state index in [9.17, 15) is 9.90 Å². The Kier molecular flexibility index (Phi) is 5.42. The van der Waals surface area contributed by atoms with Crippen LogP contribution in [-0.4, -0.2) is 52.6 Å². The molecule has 2 unspecified atom stereocenters. The molecule has 9 heteroatoms. The minimum Gasteiger partial charge on any atom is -0.465 e. The first-order valence-corrected chi connectivity index (χ1v) is 9.65. The molecule has 9 nitrogen and oxygen atoms in total. The number of carbonyl (C=O) groups excluding carboxylic acids is 1. The molecule has 3 N–H and O–H groups in total. The highest BCUT2D eigenvalue weighted by atomic mass is 16.6. The van der Waals surface area contributed by atoms with E-state index in [1.54, 1.807) is 38.4 Å². The molecule has 3 aromatic rings. The fraction of sp³-hybridized carbons (Fsp3) is 0.381. The van der Waals surface area contributed by atoms with E-state index in [4.69, 9.17) is 19.2 Å². The highest BCUT2D eigenvalue weighted by Gasteiger charge is 2.39. The summed E-state index contributed by atoms with van der Waals surface area (Å²) in [5.74, 6) is 0.721. The number of aromatic amines is 1. The molecule has 4 rings (SSSR count). The first kappa shape index (κ1) is 20.3. The highest BCUT2D eigenvalue weighted by Crippen LogP contribution is 2.38. The first-order chi connectivity index (χ1) is 14.4. The fourth-order valence-electron chi connectivity index (χ4n) is 3.64. The molecule has 2 atom stereocenters. The van der Waals surface area contributed by atoms with E-state index < -0.39 is 11.9 Å². The van der Waals surface area contributed by atoms with Gasteiger partial charge in [-0.25, -0.2) is 9.97 Å². The van der Waals surface area contributed by atoms with E-state index >= 15 is 0 Å². The van der Waals surface area contributed by atoms with Crippen LogP contribution in [0.1, 0.15) is 26.0 Å². The number of rotatable bonds is 6. The molecular formula is C21H24N4O5. The third-order valence-corrected chi connectivity index (χ3v) is 5.09. The Morgan fingerprint density at radius 3 is 2.90 bits per heavy atom. The van der Waals surface area contributed by atoms with E-state index in [0.29, 0.717) is 42.6 Å². The van der Waals surface area contributed by atoms with E-state index in [0.717, 1.165) is 16.5 Å². The molecule has 0 bridgehead atoms. The van der Waals surface area contributed by atoms with Crippen LogP contribution in [0.5, 0.6) is 5.75 Å². The van der Waals surface area contributed by atoms with E-state index in [1.165, 1.54) is 6.92 Å². The number of nitrogens with zero attached hydrogens (tertiary/aromatic N) is 2. The van der Waals surface area contributed by atoms with Gasteiger partial charge < -0.3 is 29.6 Å². The van der Waals surface area contributed by atoms with Crippen LogP contribution >= 0.6 is 0 Å². The number of nitrogens with one attached hydrogen (secondary N) is 2. The molecule has 1 aliphatic rings. The summed E-state index contributed by atoms with van der Waals surface area (Å²) < 4.78 is 16.9. The average molecular weight is 412 g/mol. The van der Waals surface area contributed by atoms with Gasteiger partial charge in [0.25, 0.3) is 0 Å². The number of carbonyl (C=O) groups is 1. The molecule has 1 saturated heterocycles. The Morgan fingerprint density at radius 2 is 2.23 bits per heavy atom. The van der Waals surface area contributed by atoms with Gasteiger partial charge in [-0.15, -0.1) is 0 Å². The lowest BCUT2D eigenvalue weighted by Gasteiger charge is -2.26. The van der Waals surface area contributed by atoms with E-state index in [2.05, 4.69) is 15.3 Å². The maximum absolute atomic E-state index is 11.4. The van der Waals surface area contributed by atoms with E-state index in [-0.39, 0.29) is 5.91 Å². The number of aliphatic hydroxyl groups excluding tert-OH is 1. The van der Waals surface area contributed by atoms with Crippen molar-refractivity contribution in [3.8, 4) is 17.0 Å². The van der Waals surface area contributed by atoms with Gasteiger partial charge in [0.15, 0.2) is 6.29 Å². The lowest BCUT2D eigenvalue weighted by Crippen LogP contribution is -2.30. The van der Waals surface area contributed by atoms with Crippen LogP contribution in [0, 0.1) is 0 Å². The van der Waals surface area contributed by atoms with Gasteiger partial charge in [0.05, 0.1) is 29.7 Å². The number of hydrogen-bond acceptors (Lipinski definition) is 7. The van der Waals surface area contributed by atoms with Crippen molar-refractivity contribution in [2.75, 3.05) is 25.6 Å². The van der Waals surface area contributed by atoms with Gasteiger partial charge in [-0.2, -0.15) is 0 Å². The number of ether oxygens (including phenoxy) is 3. The quantitative estimate of drug-likeness (QED) is 0.533. The summed E-state index contributed by atoms with van der Waals surface area (Å²) >= 11 is 0. The van der Waals surface area contributed by atoms with Gasteiger partial charge in [-0.1, -0.05) is 0 Å². The normalized spacial score (nSPS) is 19.7. The zero-order valence-corrected chi connectivity index (χ0v) is 17.1. The molecule has 0 saturated carbocycles. The molecular weight excluding hydrogens is 388 g/mol. The first-order valence-electron chi connectivity index (χ1n) is 9.65. The monoisotopic (exact) mass is 412 g/mol. The lowest BCUT2D eigenvalue weighted by molar-refractivity contribution is -0.114.